The summed E-state index contributed by atoms with van der Waals surface area (Å²) in [5.74, 6) is 0.426. The van der Waals surface area contributed by atoms with Crippen molar-refractivity contribution in [1.82, 2.24) is 30.7 Å². The molecule has 4 aromatic rings. The monoisotopic (exact) mass is 504 g/mol. The molecule has 4 rings (SSSR count). The van der Waals surface area contributed by atoms with E-state index in [1.54, 1.807) is 12.4 Å². The van der Waals surface area contributed by atoms with Gasteiger partial charge in [-0.15, -0.1) is 5.10 Å². The van der Waals surface area contributed by atoms with Crippen LogP contribution in [0.2, 0.25) is 0 Å². The van der Waals surface area contributed by atoms with E-state index in [9.17, 15) is 4.79 Å². The van der Waals surface area contributed by atoms with Crippen molar-refractivity contribution in [2.75, 3.05) is 6.54 Å². The van der Waals surface area contributed by atoms with Crippen LogP contribution in [0.15, 0.2) is 77.0 Å². The number of amides is 1. The Morgan fingerprint density at radius 2 is 1.97 bits per heavy atom. The highest BCUT2D eigenvalue weighted by Crippen LogP contribution is 2.26. The summed E-state index contributed by atoms with van der Waals surface area (Å²) >= 11 is 6.31. The minimum absolute atomic E-state index is 0.0879. The van der Waals surface area contributed by atoms with Gasteiger partial charge in [-0.25, -0.2) is 9.67 Å². The summed E-state index contributed by atoms with van der Waals surface area (Å²) in [6.45, 7) is 0.686. The number of nitrogens with zero attached hydrogens (tertiary/aromatic N) is 5. The molecule has 0 aliphatic rings. The number of benzene rings is 2. The fraction of sp³-hybridized carbons (Fsp3) is 0.167. The zero-order valence-electron chi connectivity index (χ0n) is 18.8. The zero-order chi connectivity index (χ0) is 24.5. The molecule has 4 N–H and O–H groups in total. The van der Waals surface area contributed by atoms with Gasteiger partial charge in [0.25, 0.3) is 0 Å². The van der Waals surface area contributed by atoms with Crippen LogP contribution in [-0.4, -0.2) is 43.8 Å². The van der Waals surface area contributed by atoms with Gasteiger partial charge in [-0.05, 0) is 36.3 Å². The Hall–Kier alpha value is -3.83. The van der Waals surface area contributed by atoms with Crippen molar-refractivity contribution in [2.24, 2.45) is 10.8 Å². The molecule has 0 radical (unpaired) electrons. The lowest BCUT2D eigenvalue weighted by molar-refractivity contribution is -0.121. The normalized spacial score (nSPS) is 11.1. The van der Waals surface area contributed by atoms with E-state index in [0.29, 0.717) is 12.3 Å². The Morgan fingerprint density at radius 3 is 2.80 bits per heavy atom. The molecule has 9 nitrogen and oxygen atoms in total. The van der Waals surface area contributed by atoms with E-state index < -0.39 is 0 Å². The van der Waals surface area contributed by atoms with Gasteiger partial charge in [-0.3, -0.25) is 10.2 Å². The number of thioether (sulfide) groups is 1. The third-order valence-electron chi connectivity index (χ3n) is 4.92. The van der Waals surface area contributed by atoms with Crippen LogP contribution in [-0.2, 0) is 23.5 Å². The number of nitrogens with one attached hydrogen (secondary N) is 2. The Kier molecular flexibility index (Phi) is 8.36. The van der Waals surface area contributed by atoms with Gasteiger partial charge in [0.2, 0.25) is 5.91 Å². The first-order valence-electron chi connectivity index (χ1n) is 10.9. The number of carbonyl (C=O) groups excluding carboxylic acids is 1. The molecule has 35 heavy (non-hydrogen) atoms. The third kappa shape index (κ3) is 7.33. The molecule has 0 aliphatic heterocycles. The van der Waals surface area contributed by atoms with Gasteiger partial charge in [0, 0.05) is 29.4 Å². The third-order valence-corrected chi connectivity index (χ3v) is 6.05. The van der Waals surface area contributed by atoms with Crippen LogP contribution in [0.4, 0.5) is 0 Å². The number of rotatable bonds is 10. The molecule has 2 heterocycles. The summed E-state index contributed by atoms with van der Waals surface area (Å²) in [6.07, 6.45) is 4.19. The first kappa shape index (κ1) is 24.3. The molecule has 11 heteroatoms. The van der Waals surface area contributed by atoms with Crippen LogP contribution < -0.4 is 16.5 Å². The molecule has 0 fully saturated rings. The number of pyridine rings is 1. The van der Waals surface area contributed by atoms with Crippen molar-refractivity contribution in [3.8, 4) is 0 Å². The van der Waals surface area contributed by atoms with E-state index in [1.807, 2.05) is 60.7 Å². The second kappa shape index (κ2) is 12.0. The van der Waals surface area contributed by atoms with Gasteiger partial charge in [-0.2, -0.15) is 5.10 Å². The van der Waals surface area contributed by atoms with Crippen LogP contribution in [0.5, 0.6) is 0 Å². The number of fused-ring (bicyclic) bond motifs is 1. The molecular weight excluding hydrogens is 480 g/mol. The lowest BCUT2D eigenvalue weighted by atomic mass is 10.1. The SMILES string of the molecule is NC(=S)N/N=C/c1cc2ccccc2nc1SCc1cn(CC(=O)NCCc2ccccc2)nn1. The van der Waals surface area contributed by atoms with Crippen molar-refractivity contribution < 1.29 is 4.79 Å². The lowest BCUT2D eigenvalue weighted by Gasteiger charge is -2.07. The molecule has 0 unspecified atom stereocenters. The highest BCUT2D eigenvalue weighted by atomic mass is 32.2. The molecule has 0 saturated carbocycles. The Bertz CT molecular complexity index is 1340. The van der Waals surface area contributed by atoms with Crippen molar-refractivity contribution in [2.45, 2.75) is 23.7 Å². The minimum Gasteiger partial charge on any atom is -0.375 e. The Balaban J connectivity index is 1.35. The lowest BCUT2D eigenvalue weighted by Crippen LogP contribution is -2.29. The number of thiocarbonyl (C=S) groups is 1. The number of hydrogen-bond acceptors (Lipinski definition) is 7. The van der Waals surface area contributed by atoms with Gasteiger partial charge < -0.3 is 11.1 Å². The molecule has 178 valence electrons. The molecule has 1 amide bonds. The fourth-order valence-electron chi connectivity index (χ4n) is 3.31. The average Bonchev–Trinajstić information content (AvgIpc) is 3.30. The van der Waals surface area contributed by atoms with Gasteiger partial charge >= 0.3 is 0 Å². The molecule has 2 aromatic carbocycles. The molecule has 0 bridgehead atoms. The number of para-hydroxylation sites is 1. The number of aromatic nitrogens is 4. The van der Waals surface area contributed by atoms with Crippen LogP contribution in [0, 0.1) is 0 Å². The standard InChI is InChI=1S/C24H24N8OS2/c25-24(34)30-27-13-19-12-18-8-4-5-9-21(18)28-23(19)35-16-20-14-32(31-29-20)15-22(33)26-11-10-17-6-2-1-3-7-17/h1-9,12-14H,10-11,15-16H2,(H,26,33)(H3,25,30,34)/b27-13+. The van der Waals surface area contributed by atoms with Gasteiger partial charge in [-0.1, -0.05) is 65.5 Å². The van der Waals surface area contributed by atoms with Crippen LogP contribution in [0.1, 0.15) is 16.8 Å². The van der Waals surface area contributed by atoms with Crippen molar-refractivity contribution in [3.63, 3.8) is 0 Å². The average molecular weight is 505 g/mol. The molecule has 0 aliphatic carbocycles. The maximum atomic E-state index is 12.3. The number of hydrazone groups is 1. The fourth-order valence-corrected chi connectivity index (χ4v) is 4.22. The summed E-state index contributed by atoms with van der Waals surface area (Å²) < 4.78 is 1.54. The first-order valence-corrected chi connectivity index (χ1v) is 12.3. The van der Waals surface area contributed by atoms with E-state index in [4.69, 9.17) is 22.9 Å². The highest BCUT2D eigenvalue weighted by molar-refractivity contribution is 7.98. The summed E-state index contributed by atoms with van der Waals surface area (Å²) in [7, 11) is 0. The molecular formula is C24H24N8OS2. The minimum atomic E-state index is -0.106. The molecule has 2 aromatic heterocycles. The van der Waals surface area contributed by atoms with Gasteiger partial charge in [0.05, 0.1) is 17.4 Å². The largest absolute Gasteiger partial charge is 0.375 e. The molecule has 0 saturated heterocycles. The number of nitrogens with two attached hydrogens (primary N) is 1. The first-order chi connectivity index (χ1) is 17.1. The zero-order valence-corrected chi connectivity index (χ0v) is 20.4. The van der Waals surface area contributed by atoms with Crippen molar-refractivity contribution in [3.05, 3.63) is 83.7 Å². The predicted molar refractivity (Wildman–Crippen MR) is 142 cm³/mol. The summed E-state index contributed by atoms with van der Waals surface area (Å²) in [4.78, 5) is 17.0. The van der Waals surface area contributed by atoms with E-state index in [0.717, 1.165) is 33.6 Å². The van der Waals surface area contributed by atoms with Crippen LogP contribution >= 0.6 is 24.0 Å². The maximum absolute atomic E-state index is 12.3. The number of hydrogen-bond donors (Lipinski definition) is 3. The van der Waals surface area contributed by atoms with Crippen molar-refractivity contribution in [1.29, 1.82) is 0 Å². The second-order valence-corrected chi connectivity index (χ2v) is 9.00. The quantitative estimate of drug-likeness (QED) is 0.130. The van der Waals surface area contributed by atoms with Crippen LogP contribution in [0.25, 0.3) is 10.9 Å². The highest BCUT2D eigenvalue weighted by Gasteiger charge is 2.10. The van der Waals surface area contributed by atoms with Gasteiger partial charge in [0.15, 0.2) is 5.11 Å². The number of carbonyl (C=O) groups is 1. The van der Waals surface area contributed by atoms with E-state index in [2.05, 4.69) is 26.2 Å². The van der Waals surface area contributed by atoms with Crippen molar-refractivity contribution >= 4 is 52.1 Å². The smallest absolute Gasteiger partial charge is 0.241 e. The Morgan fingerprint density at radius 1 is 1.17 bits per heavy atom. The van der Waals surface area contributed by atoms with Gasteiger partial charge in [0.1, 0.15) is 11.6 Å². The topological polar surface area (TPSA) is 123 Å². The second-order valence-electron chi connectivity index (χ2n) is 7.59. The summed E-state index contributed by atoms with van der Waals surface area (Å²) in [5, 5.41) is 17.1. The van der Waals surface area contributed by atoms with E-state index in [1.165, 1.54) is 22.0 Å². The molecule has 0 atom stereocenters. The van der Waals surface area contributed by atoms with E-state index in [-0.39, 0.29) is 17.6 Å². The predicted octanol–water partition coefficient (Wildman–Crippen LogP) is 2.64. The van der Waals surface area contributed by atoms with Crippen LogP contribution in [0.3, 0.4) is 0 Å². The molecule has 0 spiro atoms. The summed E-state index contributed by atoms with van der Waals surface area (Å²) in [5.41, 5.74) is 11.6. The van der Waals surface area contributed by atoms with E-state index >= 15 is 0 Å². The Labute approximate surface area is 212 Å². The summed E-state index contributed by atoms with van der Waals surface area (Å²) in [6, 6.07) is 19.9. The maximum Gasteiger partial charge on any atom is 0.241 e.